The van der Waals surface area contributed by atoms with E-state index in [2.05, 4.69) is 19.7 Å². The molecule has 2 rings (SSSR count). The summed E-state index contributed by atoms with van der Waals surface area (Å²) >= 11 is 0. The van der Waals surface area contributed by atoms with Crippen LogP contribution in [0.3, 0.4) is 0 Å². The van der Waals surface area contributed by atoms with Crippen LogP contribution >= 0.6 is 0 Å². The number of methoxy groups -OCH3 is 1. The third kappa shape index (κ3) is 2.72. The molecule has 2 bridgehead atoms. The second-order valence-corrected chi connectivity index (χ2v) is 7.77. The summed E-state index contributed by atoms with van der Waals surface area (Å²) in [6, 6.07) is 0. The number of hydrogen-bond donors (Lipinski definition) is 0. The molecule has 0 amide bonds. The van der Waals surface area contributed by atoms with Crippen molar-refractivity contribution in [2.24, 2.45) is 16.7 Å². The van der Waals surface area contributed by atoms with Crippen molar-refractivity contribution in [3.63, 3.8) is 0 Å². The van der Waals surface area contributed by atoms with Gasteiger partial charge in [0.25, 0.3) is 0 Å². The van der Waals surface area contributed by atoms with Gasteiger partial charge in [-0.1, -0.05) is 38.2 Å². The Kier molecular flexibility index (Phi) is 5.55. The first-order chi connectivity index (χ1) is 12.2. The zero-order valence-corrected chi connectivity index (χ0v) is 16.0. The van der Waals surface area contributed by atoms with Gasteiger partial charge in [-0.3, -0.25) is 14.4 Å². The Hall–Kier alpha value is -2.23. The second-order valence-electron chi connectivity index (χ2n) is 7.77. The van der Waals surface area contributed by atoms with Crippen LogP contribution in [0.2, 0.25) is 0 Å². The molecular weight excluding hydrogens is 328 g/mol. The highest BCUT2D eigenvalue weighted by atomic mass is 16.5. The number of carbonyl (C=O) groups is 3. The Labute approximate surface area is 155 Å². The lowest BCUT2D eigenvalue weighted by Gasteiger charge is -2.50. The van der Waals surface area contributed by atoms with Crippen molar-refractivity contribution >= 4 is 17.3 Å². The molecule has 2 unspecified atom stereocenters. The molecule has 0 aliphatic heterocycles. The van der Waals surface area contributed by atoms with Gasteiger partial charge in [-0.05, 0) is 31.6 Å². The fourth-order valence-electron chi connectivity index (χ4n) is 4.50. The molecule has 140 valence electrons. The van der Waals surface area contributed by atoms with Crippen LogP contribution in [0.4, 0.5) is 0 Å². The number of rotatable bonds is 8. The monoisotopic (exact) mass is 356 g/mol. The highest BCUT2D eigenvalue weighted by molar-refractivity contribution is 6.33. The summed E-state index contributed by atoms with van der Waals surface area (Å²) in [5.74, 6) is -0.699. The van der Waals surface area contributed by atoms with Crippen molar-refractivity contribution in [1.29, 1.82) is 0 Å². The van der Waals surface area contributed by atoms with Crippen molar-refractivity contribution in [2.75, 3.05) is 7.11 Å². The summed E-state index contributed by atoms with van der Waals surface area (Å²) in [6.45, 7) is 15.4. The van der Waals surface area contributed by atoms with Gasteiger partial charge in [0.15, 0.2) is 22.8 Å². The lowest BCUT2D eigenvalue weighted by atomic mass is 9.49. The molecule has 0 spiro atoms. The molecule has 1 saturated carbocycles. The molecule has 2 atom stereocenters. The van der Waals surface area contributed by atoms with Gasteiger partial charge in [-0.15, -0.1) is 13.2 Å². The fourth-order valence-corrected chi connectivity index (χ4v) is 4.50. The minimum atomic E-state index is -1.68. The highest BCUT2D eigenvalue weighted by Crippen LogP contribution is 2.58. The summed E-state index contributed by atoms with van der Waals surface area (Å²) in [7, 11) is 1.46. The van der Waals surface area contributed by atoms with E-state index < -0.39 is 16.6 Å². The van der Waals surface area contributed by atoms with Crippen LogP contribution in [0, 0.1) is 16.7 Å². The SMILES string of the molecule is C=CCC1=C(OC)C2(CC=C)CC(=C)CC(C(=O)CC(C)C)(C1=O)C2=O. The molecule has 0 saturated heterocycles. The Morgan fingerprint density at radius 1 is 1.23 bits per heavy atom. The van der Waals surface area contributed by atoms with E-state index in [1.54, 1.807) is 12.2 Å². The van der Waals surface area contributed by atoms with E-state index in [0.717, 1.165) is 5.57 Å². The number of carbonyl (C=O) groups excluding carboxylic acids is 3. The first-order valence-corrected chi connectivity index (χ1v) is 9.00. The van der Waals surface area contributed by atoms with Gasteiger partial charge in [0.05, 0.1) is 12.5 Å². The summed E-state index contributed by atoms with van der Waals surface area (Å²) in [6.07, 6.45) is 4.45. The molecular formula is C22H28O4. The van der Waals surface area contributed by atoms with Crippen LogP contribution in [0.1, 0.15) is 46.0 Å². The molecule has 26 heavy (non-hydrogen) atoms. The summed E-state index contributed by atoms with van der Waals surface area (Å²) in [5, 5.41) is 0. The van der Waals surface area contributed by atoms with Gasteiger partial charge >= 0.3 is 0 Å². The van der Waals surface area contributed by atoms with Crippen LogP contribution in [-0.2, 0) is 19.1 Å². The highest BCUT2D eigenvalue weighted by Gasteiger charge is 2.67. The number of ether oxygens (including phenoxy) is 1. The molecule has 2 aliphatic rings. The quantitative estimate of drug-likeness (QED) is 0.485. The third-order valence-corrected chi connectivity index (χ3v) is 5.37. The van der Waals surface area contributed by atoms with Crippen LogP contribution in [0.5, 0.6) is 0 Å². The minimum absolute atomic E-state index is 0.0529. The number of ketones is 3. The molecule has 0 radical (unpaired) electrons. The predicted octanol–water partition coefficient (Wildman–Crippen LogP) is 4.13. The second kappa shape index (κ2) is 7.18. The summed E-state index contributed by atoms with van der Waals surface area (Å²) in [4.78, 5) is 40.3. The maximum atomic E-state index is 13.7. The van der Waals surface area contributed by atoms with Crippen LogP contribution in [-0.4, -0.2) is 24.5 Å². The zero-order valence-electron chi connectivity index (χ0n) is 16.0. The molecule has 4 nitrogen and oxygen atoms in total. The first-order valence-electron chi connectivity index (χ1n) is 9.00. The van der Waals surface area contributed by atoms with E-state index in [9.17, 15) is 14.4 Å². The molecule has 4 heteroatoms. The molecule has 0 aromatic heterocycles. The van der Waals surface area contributed by atoms with Crippen molar-refractivity contribution < 1.29 is 19.1 Å². The summed E-state index contributed by atoms with van der Waals surface area (Å²) < 4.78 is 5.58. The third-order valence-electron chi connectivity index (χ3n) is 5.37. The fraction of sp³-hybridized carbons (Fsp3) is 0.500. The van der Waals surface area contributed by atoms with E-state index in [4.69, 9.17) is 4.74 Å². The summed E-state index contributed by atoms with van der Waals surface area (Å²) in [5.41, 5.74) is -1.65. The van der Waals surface area contributed by atoms with E-state index >= 15 is 0 Å². The average Bonchev–Trinajstić information content (AvgIpc) is 2.55. The smallest absolute Gasteiger partial charge is 0.183 e. The Bertz CT molecular complexity index is 724. The number of Topliss-reactive ketones (excluding diaryl/α,β-unsaturated/α-hetero) is 3. The van der Waals surface area contributed by atoms with E-state index in [-0.39, 0.29) is 36.7 Å². The molecule has 0 N–H and O–H groups in total. The minimum Gasteiger partial charge on any atom is -0.500 e. The zero-order chi connectivity index (χ0) is 19.7. The first kappa shape index (κ1) is 20.1. The normalized spacial score (nSPS) is 28.4. The van der Waals surface area contributed by atoms with Crippen molar-refractivity contribution in [3.05, 3.63) is 48.8 Å². The van der Waals surface area contributed by atoms with E-state index in [0.29, 0.717) is 24.2 Å². The van der Waals surface area contributed by atoms with Gasteiger partial charge in [-0.25, -0.2) is 0 Å². The number of hydrogen-bond acceptors (Lipinski definition) is 4. The molecule has 0 aromatic rings. The average molecular weight is 356 g/mol. The standard InChI is InChI=1S/C22H28O4/c1-7-9-16-18(24)22(17(23)11-14(3)4)13-15(5)12-21(10-8-2,20(22)25)19(16)26-6/h7-8,14H,1-2,5,9-13H2,3-4,6H3. The molecule has 0 heterocycles. The lowest BCUT2D eigenvalue weighted by Crippen LogP contribution is -2.61. The topological polar surface area (TPSA) is 60.4 Å². The maximum absolute atomic E-state index is 13.7. The van der Waals surface area contributed by atoms with Gasteiger partial charge in [-0.2, -0.15) is 0 Å². The van der Waals surface area contributed by atoms with Crippen molar-refractivity contribution in [2.45, 2.75) is 46.0 Å². The molecule has 0 aromatic carbocycles. The largest absolute Gasteiger partial charge is 0.500 e. The number of fused-ring (bicyclic) bond motifs is 2. The molecule has 2 aliphatic carbocycles. The Balaban J connectivity index is 2.83. The Morgan fingerprint density at radius 3 is 2.38 bits per heavy atom. The maximum Gasteiger partial charge on any atom is 0.183 e. The van der Waals surface area contributed by atoms with Crippen molar-refractivity contribution in [1.82, 2.24) is 0 Å². The van der Waals surface area contributed by atoms with Gasteiger partial charge in [0.1, 0.15) is 5.76 Å². The van der Waals surface area contributed by atoms with Gasteiger partial charge in [0.2, 0.25) is 0 Å². The van der Waals surface area contributed by atoms with Crippen LogP contribution in [0.25, 0.3) is 0 Å². The van der Waals surface area contributed by atoms with Crippen LogP contribution < -0.4 is 0 Å². The number of allylic oxidation sites excluding steroid dienone is 5. The molecule has 1 fully saturated rings. The lowest BCUT2D eigenvalue weighted by molar-refractivity contribution is -0.157. The van der Waals surface area contributed by atoms with Crippen LogP contribution in [0.15, 0.2) is 48.8 Å². The van der Waals surface area contributed by atoms with E-state index in [1.165, 1.54) is 7.11 Å². The predicted molar refractivity (Wildman–Crippen MR) is 101 cm³/mol. The van der Waals surface area contributed by atoms with E-state index in [1.807, 2.05) is 13.8 Å². The van der Waals surface area contributed by atoms with Crippen molar-refractivity contribution in [3.8, 4) is 0 Å². The van der Waals surface area contributed by atoms with Gasteiger partial charge < -0.3 is 4.74 Å². The Morgan fingerprint density at radius 2 is 1.88 bits per heavy atom. The van der Waals surface area contributed by atoms with Gasteiger partial charge in [0, 0.05) is 12.0 Å².